The predicted molar refractivity (Wildman–Crippen MR) is 97.9 cm³/mol. The molecule has 0 saturated carbocycles. The Morgan fingerprint density at radius 1 is 1.16 bits per heavy atom. The van der Waals surface area contributed by atoms with Gasteiger partial charge in [0.15, 0.2) is 0 Å². The summed E-state index contributed by atoms with van der Waals surface area (Å²) in [4.78, 5) is 25.2. The van der Waals surface area contributed by atoms with E-state index in [1.807, 2.05) is 43.4 Å². The van der Waals surface area contributed by atoms with E-state index in [-0.39, 0.29) is 5.56 Å². The lowest BCUT2D eigenvalue weighted by Gasteiger charge is -2.18. The molecule has 0 aliphatic heterocycles. The first-order valence-electron chi connectivity index (χ1n) is 7.93. The van der Waals surface area contributed by atoms with Crippen molar-refractivity contribution in [3.63, 3.8) is 0 Å². The molecule has 0 saturated heterocycles. The van der Waals surface area contributed by atoms with Crippen LogP contribution in [0.1, 0.15) is 11.3 Å². The van der Waals surface area contributed by atoms with Crippen LogP contribution in [0.15, 0.2) is 53.5 Å². The van der Waals surface area contributed by atoms with Crippen LogP contribution in [-0.4, -0.2) is 29.1 Å². The van der Waals surface area contributed by atoms with Gasteiger partial charge in [-0.15, -0.1) is 0 Å². The maximum absolute atomic E-state index is 11.6. The minimum atomic E-state index is -0.164. The topological polar surface area (TPSA) is 71.1 Å². The molecule has 0 fully saturated rings. The summed E-state index contributed by atoms with van der Waals surface area (Å²) in [6.07, 6.45) is 1.72. The van der Waals surface area contributed by atoms with Gasteiger partial charge in [0.1, 0.15) is 17.4 Å². The lowest BCUT2D eigenvalue weighted by Crippen LogP contribution is -2.17. The molecule has 2 aromatic heterocycles. The monoisotopic (exact) mass is 336 g/mol. The van der Waals surface area contributed by atoms with Gasteiger partial charge in [-0.1, -0.05) is 12.1 Å². The fourth-order valence-corrected chi connectivity index (χ4v) is 2.55. The fourth-order valence-electron chi connectivity index (χ4n) is 2.55. The van der Waals surface area contributed by atoms with Gasteiger partial charge in [0.2, 0.25) is 0 Å². The van der Waals surface area contributed by atoms with Crippen LogP contribution in [0.5, 0.6) is 5.75 Å². The van der Waals surface area contributed by atoms with Crippen molar-refractivity contribution in [1.29, 1.82) is 0 Å². The van der Waals surface area contributed by atoms with E-state index in [1.54, 1.807) is 20.2 Å². The molecule has 0 spiro atoms. The van der Waals surface area contributed by atoms with Crippen molar-refractivity contribution in [2.75, 3.05) is 19.1 Å². The summed E-state index contributed by atoms with van der Waals surface area (Å²) in [5, 5.41) is 0. The van der Waals surface area contributed by atoms with Crippen LogP contribution in [0, 0.1) is 6.92 Å². The number of hydrogen-bond donors (Lipinski definition) is 1. The number of hydrogen-bond acceptors (Lipinski definition) is 5. The van der Waals surface area contributed by atoms with Crippen LogP contribution >= 0.6 is 0 Å². The molecule has 0 aliphatic rings. The van der Waals surface area contributed by atoms with E-state index >= 15 is 0 Å². The second kappa shape index (κ2) is 7.17. The normalized spacial score (nSPS) is 10.5. The number of anilines is 1. The predicted octanol–water partition coefficient (Wildman–Crippen LogP) is 2.79. The molecule has 6 heteroatoms. The Hall–Kier alpha value is -3.15. The highest BCUT2D eigenvalue weighted by molar-refractivity contribution is 5.56. The average molecular weight is 336 g/mol. The maximum Gasteiger partial charge on any atom is 0.251 e. The molecule has 1 aromatic carbocycles. The summed E-state index contributed by atoms with van der Waals surface area (Å²) in [5.74, 6) is 2.21. The molecule has 0 amide bonds. The van der Waals surface area contributed by atoms with E-state index in [1.165, 1.54) is 11.6 Å². The van der Waals surface area contributed by atoms with E-state index in [0.717, 1.165) is 23.7 Å². The van der Waals surface area contributed by atoms with Crippen LogP contribution in [0.2, 0.25) is 0 Å². The maximum atomic E-state index is 11.6. The van der Waals surface area contributed by atoms with Gasteiger partial charge in [-0.25, -0.2) is 9.97 Å². The summed E-state index contributed by atoms with van der Waals surface area (Å²) < 4.78 is 5.17. The highest BCUT2D eigenvalue weighted by atomic mass is 16.5. The van der Waals surface area contributed by atoms with E-state index < -0.39 is 0 Å². The zero-order valence-corrected chi connectivity index (χ0v) is 14.5. The molecular formula is C19H20N4O2. The first kappa shape index (κ1) is 16.7. The van der Waals surface area contributed by atoms with Crippen molar-refractivity contribution < 1.29 is 4.74 Å². The van der Waals surface area contributed by atoms with Gasteiger partial charge in [0, 0.05) is 37.1 Å². The van der Waals surface area contributed by atoms with Crippen LogP contribution < -0.4 is 15.2 Å². The third kappa shape index (κ3) is 4.03. The largest absolute Gasteiger partial charge is 0.497 e. The summed E-state index contributed by atoms with van der Waals surface area (Å²) >= 11 is 0. The van der Waals surface area contributed by atoms with Crippen molar-refractivity contribution in [2.45, 2.75) is 13.5 Å². The fraction of sp³-hybridized carbons (Fsp3) is 0.211. The van der Waals surface area contributed by atoms with Crippen molar-refractivity contribution in [2.24, 2.45) is 0 Å². The number of nitrogens with zero attached hydrogens (tertiary/aromatic N) is 3. The van der Waals surface area contributed by atoms with Gasteiger partial charge >= 0.3 is 0 Å². The number of rotatable bonds is 5. The lowest BCUT2D eigenvalue weighted by atomic mass is 10.2. The van der Waals surface area contributed by atoms with Crippen molar-refractivity contribution in [1.82, 2.24) is 15.0 Å². The number of aryl methyl sites for hydroxylation is 1. The third-order valence-electron chi connectivity index (χ3n) is 3.86. The van der Waals surface area contributed by atoms with Crippen molar-refractivity contribution in [3.8, 4) is 17.1 Å². The smallest absolute Gasteiger partial charge is 0.251 e. The zero-order valence-electron chi connectivity index (χ0n) is 14.5. The minimum Gasteiger partial charge on any atom is -0.497 e. The Morgan fingerprint density at radius 3 is 2.52 bits per heavy atom. The van der Waals surface area contributed by atoms with Crippen molar-refractivity contribution >= 4 is 5.82 Å². The van der Waals surface area contributed by atoms with E-state index in [0.29, 0.717) is 11.5 Å². The summed E-state index contributed by atoms with van der Waals surface area (Å²) in [5.41, 5.74) is 2.46. The van der Waals surface area contributed by atoms with Gasteiger partial charge in [0.05, 0.1) is 7.11 Å². The van der Waals surface area contributed by atoms with Crippen LogP contribution in [0.4, 0.5) is 5.82 Å². The Labute approximate surface area is 146 Å². The molecule has 0 unspecified atom stereocenters. The summed E-state index contributed by atoms with van der Waals surface area (Å²) in [7, 11) is 3.64. The SMILES string of the molecule is COc1ccc(CN(C)c2ccc(-c3nc(C)cc(=O)[nH]3)cn2)cc1. The molecule has 3 aromatic rings. The lowest BCUT2D eigenvalue weighted by molar-refractivity contribution is 0.414. The molecule has 2 heterocycles. The van der Waals surface area contributed by atoms with E-state index in [2.05, 4.69) is 19.9 Å². The number of H-pyrrole nitrogens is 1. The number of ether oxygens (including phenoxy) is 1. The molecule has 0 bridgehead atoms. The standard InChI is InChI=1S/C19H20N4O2/c1-13-10-18(24)22-19(21-13)15-6-9-17(20-11-15)23(2)12-14-4-7-16(25-3)8-5-14/h4-11H,12H2,1-3H3,(H,21,22,24). The molecule has 0 atom stereocenters. The second-order valence-corrected chi connectivity index (χ2v) is 5.84. The number of benzene rings is 1. The average Bonchev–Trinajstić information content (AvgIpc) is 2.61. The molecule has 0 radical (unpaired) electrons. The molecule has 25 heavy (non-hydrogen) atoms. The highest BCUT2D eigenvalue weighted by Gasteiger charge is 2.07. The van der Waals surface area contributed by atoms with Crippen molar-refractivity contribution in [3.05, 3.63) is 70.3 Å². The molecule has 3 rings (SSSR count). The van der Waals surface area contributed by atoms with Gasteiger partial charge in [0.25, 0.3) is 5.56 Å². The number of nitrogens with one attached hydrogen (secondary N) is 1. The molecule has 128 valence electrons. The van der Waals surface area contributed by atoms with Gasteiger partial charge < -0.3 is 14.6 Å². The Morgan fingerprint density at radius 2 is 1.92 bits per heavy atom. The van der Waals surface area contributed by atoms with Gasteiger partial charge in [-0.3, -0.25) is 4.79 Å². The number of aromatic amines is 1. The Balaban J connectivity index is 1.75. The Kier molecular flexibility index (Phi) is 4.79. The summed E-state index contributed by atoms with van der Waals surface area (Å²) in [6, 6.07) is 13.2. The van der Waals surface area contributed by atoms with Gasteiger partial charge in [-0.2, -0.15) is 0 Å². The van der Waals surface area contributed by atoms with Crippen LogP contribution in [0.3, 0.4) is 0 Å². The van der Waals surface area contributed by atoms with Crippen LogP contribution in [0.25, 0.3) is 11.4 Å². The minimum absolute atomic E-state index is 0.164. The first-order valence-corrected chi connectivity index (χ1v) is 7.93. The molecule has 6 nitrogen and oxygen atoms in total. The third-order valence-corrected chi connectivity index (χ3v) is 3.86. The summed E-state index contributed by atoms with van der Waals surface area (Å²) in [6.45, 7) is 2.53. The number of aromatic nitrogens is 3. The molecule has 1 N–H and O–H groups in total. The zero-order chi connectivity index (χ0) is 17.8. The molecular weight excluding hydrogens is 316 g/mol. The quantitative estimate of drug-likeness (QED) is 0.776. The Bertz CT molecular complexity index is 902. The highest BCUT2D eigenvalue weighted by Crippen LogP contribution is 2.19. The van der Waals surface area contributed by atoms with Gasteiger partial charge in [-0.05, 0) is 36.8 Å². The first-order chi connectivity index (χ1) is 12.0. The van der Waals surface area contributed by atoms with Crippen LogP contribution in [-0.2, 0) is 6.54 Å². The molecule has 0 aliphatic carbocycles. The number of pyridine rings is 1. The number of methoxy groups -OCH3 is 1. The van der Waals surface area contributed by atoms with E-state index in [4.69, 9.17) is 4.74 Å². The van der Waals surface area contributed by atoms with E-state index in [9.17, 15) is 4.79 Å². The second-order valence-electron chi connectivity index (χ2n) is 5.84.